The zero-order valence-corrected chi connectivity index (χ0v) is 9.74. The Hall–Kier alpha value is -1.82. The predicted octanol–water partition coefficient (Wildman–Crippen LogP) is 2.36. The molecule has 2 aromatic rings. The van der Waals surface area contributed by atoms with E-state index in [0.29, 0.717) is 0 Å². The molecule has 0 N–H and O–H groups in total. The van der Waals surface area contributed by atoms with Gasteiger partial charge in [-0.3, -0.25) is 0 Å². The summed E-state index contributed by atoms with van der Waals surface area (Å²) in [6.45, 7) is 0. The maximum atomic E-state index is 2.39. The molecule has 0 aliphatic heterocycles. The van der Waals surface area contributed by atoms with Crippen molar-refractivity contribution in [3.8, 4) is 0 Å². The van der Waals surface area contributed by atoms with Crippen molar-refractivity contribution in [2.45, 2.75) is 19.3 Å². The number of benzene rings is 2. The fraction of sp³-hybridized carbons (Fsp3) is 0.176. The number of fused-ring (bicyclic) bond motifs is 2. The van der Waals surface area contributed by atoms with Crippen molar-refractivity contribution < 1.29 is 0 Å². The molecule has 0 spiro atoms. The first kappa shape index (κ1) is 9.23. The lowest BCUT2D eigenvalue weighted by Crippen LogP contribution is -2.35. The first-order chi connectivity index (χ1) is 8.43. The standard InChI is InChI=1S/C17H14/c1-2-9-15-13(5-1)11-14-8-3-6-12-7-4-10-16(15)17(12)14/h1-3,5-9H,4,10-11H2. The van der Waals surface area contributed by atoms with Crippen LogP contribution in [0.3, 0.4) is 0 Å². The van der Waals surface area contributed by atoms with Crippen LogP contribution in [-0.2, 0) is 6.42 Å². The van der Waals surface area contributed by atoms with E-state index in [4.69, 9.17) is 0 Å². The maximum Gasteiger partial charge on any atom is -0.00135 e. The third-order valence-electron chi connectivity index (χ3n) is 3.97. The molecule has 2 aliphatic rings. The lowest BCUT2D eigenvalue weighted by atomic mass is 9.82. The summed E-state index contributed by atoms with van der Waals surface area (Å²) in [5.74, 6) is 0. The van der Waals surface area contributed by atoms with Gasteiger partial charge in [-0.25, -0.2) is 0 Å². The molecule has 0 fully saturated rings. The first-order valence-electron chi connectivity index (χ1n) is 6.33. The highest BCUT2D eigenvalue weighted by molar-refractivity contribution is 5.73. The van der Waals surface area contributed by atoms with Crippen LogP contribution in [0.4, 0.5) is 0 Å². The van der Waals surface area contributed by atoms with Crippen molar-refractivity contribution in [1.82, 2.24) is 0 Å². The van der Waals surface area contributed by atoms with Gasteiger partial charge in [-0.15, -0.1) is 0 Å². The van der Waals surface area contributed by atoms with Crippen molar-refractivity contribution in [3.63, 3.8) is 0 Å². The Morgan fingerprint density at radius 2 is 1.71 bits per heavy atom. The quantitative estimate of drug-likeness (QED) is 0.637. The minimum Gasteiger partial charge on any atom is -0.0763 e. The minimum atomic E-state index is 1.09. The molecule has 0 unspecified atom stereocenters. The second-order valence-electron chi connectivity index (χ2n) is 4.94. The van der Waals surface area contributed by atoms with Crippen molar-refractivity contribution in [3.05, 3.63) is 69.6 Å². The summed E-state index contributed by atoms with van der Waals surface area (Å²) in [4.78, 5) is 0. The minimum absolute atomic E-state index is 1.09. The van der Waals surface area contributed by atoms with Gasteiger partial charge < -0.3 is 0 Å². The van der Waals surface area contributed by atoms with E-state index in [-0.39, 0.29) is 0 Å². The van der Waals surface area contributed by atoms with Gasteiger partial charge in [-0.1, -0.05) is 48.5 Å². The second kappa shape index (κ2) is 3.33. The average molecular weight is 218 g/mol. The van der Waals surface area contributed by atoms with Gasteiger partial charge in [-0.2, -0.15) is 0 Å². The second-order valence-corrected chi connectivity index (χ2v) is 4.94. The van der Waals surface area contributed by atoms with Crippen LogP contribution in [0.15, 0.2) is 42.5 Å². The fourth-order valence-electron chi connectivity index (χ4n) is 3.25. The van der Waals surface area contributed by atoms with E-state index in [0.717, 1.165) is 6.42 Å². The molecule has 82 valence electrons. The van der Waals surface area contributed by atoms with Crippen LogP contribution in [-0.4, -0.2) is 0 Å². The Morgan fingerprint density at radius 3 is 2.71 bits per heavy atom. The summed E-state index contributed by atoms with van der Waals surface area (Å²) in [5, 5.41) is 2.97. The van der Waals surface area contributed by atoms with Gasteiger partial charge in [0, 0.05) is 0 Å². The summed E-state index contributed by atoms with van der Waals surface area (Å²) in [6.07, 6.45) is 5.86. The molecule has 0 aromatic heterocycles. The fourth-order valence-corrected chi connectivity index (χ4v) is 3.25. The van der Waals surface area contributed by atoms with Gasteiger partial charge in [0.2, 0.25) is 0 Å². The van der Waals surface area contributed by atoms with Gasteiger partial charge in [0.15, 0.2) is 0 Å². The summed E-state index contributed by atoms with van der Waals surface area (Å²) in [6, 6.07) is 15.6. The Kier molecular flexibility index (Phi) is 1.81. The van der Waals surface area contributed by atoms with Crippen LogP contribution in [0.5, 0.6) is 0 Å². The maximum absolute atomic E-state index is 2.39. The number of hydrogen-bond donors (Lipinski definition) is 0. The number of hydrogen-bond acceptors (Lipinski definition) is 0. The highest BCUT2D eigenvalue weighted by atomic mass is 14.2. The molecule has 0 saturated heterocycles. The third-order valence-corrected chi connectivity index (χ3v) is 3.97. The molecule has 0 heteroatoms. The summed E-state index contributed by atoms with van der Waals surface area (Å²) < 4.78 is 0. The molecule has 0 atom stereocenters. The van der Waals surface area contributed by atoms with E-state index in [1.54, 1.807) is 5.57 Å². The van der Waals surface area contributed by atoms with E-state index in [2.05, 4.69) is 48.5 Å². The molecule has 0 amide bonds. The zero-order chi connectivity index (χ0) is 11.2. The highest BCUT2D eigenvalue weighted by Gasteiger charge is 2.17. The van der Waals surface area contributed by atoms with Crippen molar-refractivity contribution in [1.29, 1.82) is 0 Å². The Labute approximate surface area is 101 Å². The van der Waals surface area contributed by atoms with Gasteiger partial charge in [-0.05, 0) is 52.0 Å². The molecule has 0 nitrogen and oxygen atoms in total. The third kappa shape index (κ3) is 1.24. The molecule has 2 aliphatic carbocycles. The van der Waals surface area contributed by atoms with Crippen molar-refractivity contribution >= 4 is 11.6 Å². The monoisotopic (exact) mass is 218 g/mol. The van der Waals surface area contributed by atoms with E-state index in [1.807, 2.05) is 0 Å². The highest BCUT2D eigenvalue weighted by Crippen LogP contribution is 2.27. The SMILES string of the molecule is C1=c2cccc3c2=C(CC1)c1ccccc1C3. The Morgan fingerprint density at radius 1 is 0.824 bits per heavy atom. The lowest BCUT2D eigenvalue weighted by Gasteiger charge is -2.22. The van der Waals surface area contributed by atoms with E-state index in [9.17, 15) is 0 Å². The lowest BCUT2D eigenvalue weighted by molar-refractivity contribution is 1.02. The van der Waals surface area contributed by atoms with Gasteiger partial charge in [0.1, 0.15) is 0 Å². The largest absolute Gasteiger partial charge is 0.0763 e. The molecule has 17 heavy (non-hydrogen) atoms. The topological polar surface area (TPSA) is 0 Å². The average Bonchev–Trinajstić information content (AvgIpc) is 2.39. The molecule has 0 radical (unpaired) electrons. The molecule has 0 heterocycles. The van der Waals surface area contributed by atoms with Crippen LogP contribution < -0.4 is 10.4 Å². The number of rotatable bonds is 0. The Balaban J connectivity index is 2.22. The summed E-state index contributed by atoms with van der Waals surface area (Å²) >= 11 is 0. The van der Waals surface area contributed by atoms with E-state index in [1.165, 1.54) is 40.0 Å². The summed E-state index contributed by atoms with van der Waals surface area (Å²) in [7, 11) is 0. The van der Waals surface area contributed by atoms with Gasteiger partial charge in [0.25, 0.3) is 0 Å². The Bertz CT molecular complexity index is 720. The molecule has 4 rings (SSSR count). The van der Waals surface area contributed by atoms with Gasteiger partial charge >= 0.3 is 0 Å². The molecule has 2 aromatic carbocycles. The van der Waals surface area contributed by atoms with Crippen LogP contribution in [0.1, 0.15) is 29.5 Å². The normalized spacial score (nSPS) is 15.9. The van der Waals surface area contributed by atoms with Crippen molar-refractivity contribution in [2.24, 2.45) is 0 Å². The molecular formula is C17H14. The van der Waals surface area contributed by atoms with Crippen LogP contribution in [0.2, 0.25) is 0 Å². The van der Waals surface area contributed by atoms with E-state index < -0.39 is 0 Å². The van der Waals surface area contributed by atoms with Crippen LogP contribution >= 0.6 is 0 Å². The zero-order valence-electron chi connectivity index (χ0n) is 9.74. The van der Waals surface area contributed by atoms with Crippen molar-refractivity contribution in [2.75, 3.05) is 0 Å². The summed E-state index contributed by atoms with van der Waals surface area (Å²) in [5.41, 5.74) is 6.06. The van der Waals surface area contributed by atoms with Crippen LogP contribution in [0, 0.1) is 0 Å². The smallest absolute Gasteiger partial charge is 0.00135 e. The van der Waals surface area contributed by atoms with Gasteiger partial charge in [0.05, 0.1) is 0 Å². The predicted molar refractivity (Wildman–Crippen MR) is 71.1 cm³/mol. The van der Waals surface area contributed by atoms with Crippen LogP contribution in [0.25, 0.3) is 11.6 Å². The van der Waals surface area contributed by atoms with E-state index >= 15 is 0 Å². The molecule has 0 bridgehead atoms. The molecular weight excluding hydrogens is 204 g/mol. The molecule has 0 saturated carbocycles. The first-order valence-corrected chi connectivity index (χ1v) is 6.33.